The first-order chi connectivity index (χ1) is 12.1. The van der Waals surface area contributed by atoms with Gasteiger partial charge in [0, 0.05) is 11.9 Å². The summed E-state index contributed by atoms with van der Waals surface area (Å²) in [6, 6.07) is 14.4. The zero-order valence-corrected chi connectivity index (χ0v) is 14.8. The van der Waals surface area contributed by atoms with E-state index in [1.54, 1.807) is 30.3 Å². The van der Waals surface area contributed by atoms with Gasteiger partial charge in [-0.3, -0.25) is 0 Å². The third-order valence-electron chi connectivity index (χ3n) is 4.47. The van der Waals surface area contributed by atoms with Crippen molar-refractivity contribution in [1.29, 1.82) is 0 Å². The summed E-state index contributed by atoms with van der Waals surface area (Å²) in [5.41, 5.74) is 3.47. The Hall–Kier alpha value is -2.44. The molecule has 25 heavy (non-hydrogen) atoms. The van der Waals surface area contributed by atoms with Crippen LogP contribution < -0.4 is 5.32 Å². The van der Waals surface area contributed by atoms with Gasteiger partial charge in [0.1, 0.15) is 0 Å². The summed E-state index contributed by atoms with van der Waals surface area (Å²) in [5, 5.41) is 8.65. The van der Waals surface area contributed by atoms with Crippen LogP contribution >= 0.6 is 0 Å². The van der Waals surface area contributed by atoms with Gasteiger partial charge < -0.3 is 5.32 Å². The predicted octanol–water partition coefficient (Wildman–Crippen LogP) is 2.96. The molecule has 1 N–H and O–H groups in total. The minimum Gasteiger partial charge on any atom is -0.313 e. The number of aromatic nitrogens is 2. The second-order valence-electron chi connectivity index (χ2n) is 6.21. The Morgan fingerprint density at radius 3 is 2.56 bits per heavy atom. The summed E-state index contributed by atoms with van der Waals surface area (Å²) >= 11 is 0. The van der Waals surface area contributed by atoms with Crippen LogP contribution in [0.2, 0.25) is 0 Å². The Morgan fingerprint density at radius 1 is 1.08 bits per heavy atom. The van der Waals surface area contributed by atoms with E-state index in [9.17, 15) is 8.42 Å². The molecule has 0 atom stereocenters. The van der Waals surface area contributed by atoms with Crippen molar-refractivity contribution >= 4 is 26.5 Å². The number of aryl methyl sites for hydroxylation is 1. The van der Waals surface area contributed by atoms with E-state index in [-0.39, 0.29) is 4.90 Å². The van der Waals surface area contributed by atoms with E-state index in [1.165, 1.54) is 4.09 Å². The molecular formula is C19H19N3O2S. The largest absolute Gasteiger partial charge is 0.313 e. The van der Waals surface area contributed by atoms with Gasteiger partial charge in [-0.15, -0.1) is 0 Å². The summed E-state index contributed by atoms with van der Waals surface area (Å²) in [6.45, 7) is 3.58. The van der Waals surface area contributed by atoms with E-state index in [0.717, 1.165) is 41.7 Å². The van der Waals surface area contributed by atoms with Gasteiger partial charge >= 0.3 is 0 Å². The van der Waals surface area contributed by atoms with Crippen LogP contribution in [0.25, 0.3) is 16.5 Å². The SMILES string of the molecule is Cc1ccc(S(=O)(=O)n2nc(C3=CCNCC3)c3ccccc32)cc1. The highest BCUT2D eigenvalue weighted by Crippen LogP contribution is 2.29. The van der Waals surface area contributed by atoms with Gasteiger partial charge in [-0.25, -0.2) is 0 Å². The van der Waals surface area contributed by atoms with Gasteiger partial charge in [0.05, 0.1) is 16.1 Å². The first-order valence-electron chi connectivity index (χ1n) is 8.27. The summed E-state index contributed by atoms with van der Waals surface area (Å²) in [6.07, 6.45) is 2.92. The summed E-state index contributed by atoms with van der Waals surface area (Å²) < 4.78 is 27.4. The highest BCUT2D eigenvalue weighted by atomic mass is 32.2. The van der Waals surface area contributed by atoms with Gasteiger partial charge in [-0.1, -0.05) is 42.0 Å². The maximum absolute atomic E-state index is 13.1. The zero-order valence-electron chi connectivity index (χ0n) is 13.9. The van der Waals surface area contributed by atoms with Crippen LogP contribution in [-0.2, 0) is 10.0 Å². The minimum atomic E-state index is -3.74. The number of hydrogen-bond donors (Lipinski definition) is 1. The number of para-hydroxylation sites is 1. The first-order valence-corrected chi connectivity index (χ1v) is 9.71. The summed E-state index contributed by atoms with van der Waals surface area (Å²) in [7, 11) is -3.74. The van der Waals surface area contributed by atoms with E-state index >= 15 is 0 Å². The molecule has 1 aliphatic rings. The minimum absolute atomic E-state index is 0.247. The molecule has 4 rings (SSSR count). The second kappa shape index (κ2) is 6.13. The molecule has 128 valence electrons. The van der Waals surface area contributed by atoms with Crippen LogP contribution in [0.1, 0.15) is 17.7 Å². The monoisotopic (exact) mass is 353 g/mol. The van der Waals surface area contributed by atoms with Crippen LogP contribution in [0.15, 0.2) is 59.5 Å². The predicted molar refractivity (Wildman–Crippen MR) is 99.0 cm³/mol. The van der Waals surface area contributed by atoms with E-state index in [2.05, 4.69) is 16.5 Å². The second-order valence-corrected chi connectivity index (χ2v) is 7.98. The molecule has 1 aromatic heterocycles. The Bertz CT molecular complexity index is 1060. The van der Waals surface area contributed by atoms with Crippen molar-refractivity contribution in [1.82, 2.24) is 14.5 Å². The van der Waals surface area contributed by atoms with Gasteiger partial charge in [0.15, 0.2) is 0 Å². The molecule has 6 heteroatoms. The van der Waals surface area contributed by atoms with Crippen LogP contribution in [0.3, 0.4) is 0 Å². The average molecular weight is 353 g/mol. The van der Waals surface area contributed by atoms with Crippen molar-refractivity contribution in [2.45, 2.75) is 18.2 Å². The van der Waals surface area contributed by atoms with E-state index < -0.39 is 10.0 Å². The van der Waals surface area contributed by atoms with Gasteiger partial charge in [-0.2, -0.15) is 17.6 Å². The maximum atomic E-state index is 13.1. The first kappa shape index (κ1) is 16.1. The lowest BCUT2D eigenvalue weighted by atomic mass is 10.0. The maximum Gasteiger partial charge on any atom is 0.283 e. The van der Waals surface area contributed by atoms with Gasteiger partial charge in [0.2, 0.25) is 0 Å². The lowest BCUT2D eigenvalue weighted by Crippen LogP contribution is -2.20. The molecule has 0 spiro atoms. The number of fused-ring (bicyclic) bond motifs is 1. The summed E-state index contributed by atoms with van der Waals surface area (Å²) in [5.74, 6) is 0. The van der Waals surface area contributed by atoms with Crippen molar-refractivity contribution in [3.63, 3.8) is 0 Å². The molecule has 0 fully saturated rings. The van der Waals surface area contributed by atoms with E-state index in [0.29, 0.717) is 5.52 Å². The molecule has 0 radical (unpaired) electrons. The van der Waals surface area contributed by atoms with E-state index in [4.69, 9.17) is 0 Å². The molecule has 5 nitrogen and oxygen atoms in total. The standard InChI is InChI=1S/C19H19N3O2S/c1-14-6-8-16(9-7-14)25(23,24)22-18-5-3-2-4-17(18)19(21-22)15-10-12-20-13-11-15/h2-10,20H,11-13H2,1H3. The third-order valence-corrected chi connectivity index (χ3v) is 6.07. The highest BCUT2D eigenvalue weighted by Gasteiger charge is 2.24. The van der Waals surface area contributed by atoms with E-state index in [1.807, 2.05) is 25.1 Å². The van der Waals surface area contributed by atoms with Crippen LogP contribution in [0.5, 0.6) is 0 Å². The zero-order chi connectivity index (χ0) is 17.4. The van der Waals surface area contributed by atoms with Gasteiger partial charge in [-0.05, 0) is 43.7 Å². The molecule has 0 aliphatic carbocycles. The lowest BCUT2D eigenvalue weighted by Gasteiger charge is -2.12. The normalized spacial score (nSPS) is 15.3. The Morgan fingerprint density at radius 2 is 1.84 bits per heavy atom. The molecule has 0 amide bonds. The molecule has 0 saturated carbocycles. The van der Waals surface area contributed by atoms with Crippen LogP contribution in [-0.4, -0.2) is 30.7 Å². The third kappa shape index (κ3) is 2.77. The average Bonchev–Trinajstić information content (AvgIpc) is 3.03. The molecule has 2 aromatic carbocycles. The number of rotatable bonds is 3. The fourth-order valence-electron chi connectivity index (χ4n) is 3.11. The molecular weight excluding hydrogens is 334 g/mol. The van der Waals surface area contributed by atoms with Crippen molar-refractivity contribution in [2.75, 3.05) is 13.1 Å². The van der Waals surface area contributed by atoms with Crippen LogP contribution in [0, 0.1) is 6.92 Å². The number of nitrogens with zero attached hydrogens (tertiary/aromatic N) is 2. The Balaban J connectivity index is 1.93. The van der Waals surface area contributed by atoms with Crippen LogP contribution in [0.4, 0.5) is 0 Å². The Labute approximate surface area is 147 Å². The van der Waals surface area contributed by atoms with Crippen molar-refractivity contribution in [3.05, 3.63) is 65.9 Å². The lowest BCUT2D eigenvalue weighted by molar-refractivity contribution is 0.582. The van der Waals surface area contributed by atoms with Gasteiger partial charge in [0.25, 0.3) is 10.0 Å². The summed E-state index contributed by atoms with van der Waals surface area (Å²) in [4.78, 5) is 0.247. The highest BCUT2D eigenvalue weighted by molar-refractivity contribution is 7.90. The fourth-order valence-corrected chi connectivity index (χ4v) is 4.39. The molecule has 0 unspecified atom stereocenters. The fraction of sp³-hybridized carbons (Fsp3) is 0.211. The molecule has 0 bridgehead atoms. The number of benzene rings is 2. The quantitative estimate of drug-likeness (QED) is 0.786. The Kier molecular flexibility index (Phi) is 3.94. The van der Waals surface area contributed by atoms with Crippen molar-refractivity contribution in [3.8, 4) is 0 Å². The van der Waals surface area contributed by atoms with Crippen molar-refractivity contribution < 1.29 is 8.42 Å². The topological polar surface area (TPSA) is 64.0 Å². The molecule has 0 saturated heterocycles. The molecule has 1 aliphatic heterocycles. The smallest absolute Gasteiger partial charge is 0.283 e. The molecule has 2 heterocycles. The number of nitrogens with one attached hydrogen (secondary N) is 1. The van der Waals surface area contributed by atoms with Crippen molar-refractivity contribution in [2.24, 2.45) is 0 Å². The number of hydrogen-bond acceptors (Lipinski definition) is 4. The molecule has 3 aromatic rings.